The van der Waals surface area contributed by atoms with E-state index in [1.807, 2.05) is 27.0 Å². The number of aromatic nitrogens is 1. The number of aryl methyl sites for hydroxylation is 1. The fourth-order valence-electron chi connectivity index (χ4n) is 2.74. The minimum Gasteiger partial charge on any atom is -0.481 e. The predicted molar refractivity (Wildman–Crippen MR) is 85.1 cm³/mol. The van der Waals surface area contributed by atoms with Crippen molar-refractivity contribution in [2.45, 2.75) is 33.1 Å². The lowest BCUT2D eigenvalue weighted by Gasteiger charge is -2.34. The molecule has 1 aromatic heterocycles. The summed E-state index contributed by atoms with van der Waals surface area (Å²) < 4.78 is 0. The van der Waals surface area contributed by atoms with E-state index in [0.29, 0.717) is 19.5 Å². The third kappa shape index (κ3) is 4.19. The highest BCUT2D eigenvalue weighted by molar-refractivity contribution is 7.11. The molecule has 1 aromatic rings. The van der Waals surface area contributed by atoms with Crippen LogP contribution in [0.1, 0.15) is 36.1 Å². The number of hydrogen-bond acceptors (Lipinski definition) is 4. The van der Waals surface area contributed by atoms with Crippen LogP contribution in [0.15, 0.2) is 6.20 Å². The standard InChI is InChI=1S/C15H23N3O3S/c1-9-4-12(14(19)20)8-18(7-9)15(21)17-5-10(2)13-16-6-11(3)22-13/h6,9-10,12H,4-5,7-8H2,1-3H3,(H,17,21)(H,19,20). The first-order chi connectivity index (χ1) is 10.4. The Morgan fingerprint density at radius 3 is 2.86 bits per heavy atom. The minimum atomic E-state index is -0.823. The van der Waals surface area contributed by atoms with Gasteiger partial charge in [-0.15, -0.1) is 11.3 Å². The summed E-state index contributed by atoms with van der Waals surface area (Å²) in [5.74, 6) is -0.927. The van der Waals surface area contributed by atoms with E-state index < -0.39 is 11.9 Å². The number of carboxylic acid groups (broad SMARTS) is 1. The van der Waals surface area contributed by atoms with Crippen molar-refractivity contribution in [1.82, 2.24) is 15.2 Å². The van der Waals surface area contributed by atoms with Crippen LogP contribution in [0.3, 0.4) is 0 Å². The number of nitrogens with zero attached hydrogens (tertiary/aromatic N) is 2. The maximum atomic E-state index is 12.3. The van der Waals surface area contributed by atoms with Gasteiger partial charge in [0.1, 0.15) is 0 Å². The number of nitrogens with one attached hydrogen (secondary N) is 1. The highest BCUT2D eigenvalue weighted by atomic mass is 32.1. The van der Waals surface area contributed by atoms with Crippen molar-refractivity contribution >= 4 is 23.3 Å². The number of hydrogen-bond donors (Lipinski definition) is 2. The molecule has 1 fully saturated rings. The monoisotopic (exact) mass is 325 g/mol. The van der Waals surface area contributed by atoms with Gasteiger partial charge in [0.25, 0.3) is 0 Å². The summed E-state index contributed by atoms with van der Waals surface area (Å²) in [7, 11) is 0. The van der Waals surface area contributed by atoms with Crippen LogP contribution in [0.5, 0.6) is 0 Å². The molecule has 0 spiro atoms. The molecule has 2 amide bonds. The quantitative estimate of drug-likeness (QED) is 0.890. The van der Waals surface area contributed by atoms with Crippen LogP contribution in [0.25, 0.3) is 0 Å². The second kappa shape index (κ2) is 7.09. The van der Waals surface area contributed by atoms with Crippen LogP contribution in [-0.4, -0.2) is 46.6 Å². The maximum Gasteiger partial charge on any atom is 0.317 e. The van der Waals surface area contributed by atoms with E-state index in [4.69, 9.17) is 5.11 Å². The molecule has 0 radical (unpaired) electrons. The molecule has 2 N–H and O–H groups in total. The van der Waals surface area contributed by atoms with E-state index in [9.17, 15) is 9.59 Å². The second-order valence-corrected chi connectivity index (χ2v) is 7.44. The van der Waals surface area contributed by atoms with Crippen molar-refractivity contribution in [3.8, 4) is 0 Å². The molecule has 7 heteroatoms. The summed E-state index contributed by atoms with van der Waals surface area (Å²) in [5, 5.41) is 13.1. The lowest BCUT2D eigenvalue weighted by molar-refractivity contribution is -0.143. The normalized spacial score (nSPS) is 23.1. The number of aliphatic carboxylic acids is 1. The zero-order valence-electron chi connectivity index (χ0n) is 13.2. The zero-order valence-corrected chi connectivity index (χ0v) is 14.0. The Bertz CT molecular complexity index is 546. The molecule has 122 valence electrons. The van der Waals surface area contributed by atoms with Crippen LogP contribution in [-0.2, 0) is 4.79 Å². The van der Waals surface area contributed by atoms with Gasteiger partial charge in [-0.05, 0) is 19.3 Å². The largest absolute Gasteiger partial charge is 0.481 e. The molecular weight excluding hydrogens is 302 g/mol. The molecule has 3 unspecified atom stereocenters. The summed E-state index contributed by atoms with van der Waals surface area (Å²) in [6.07, 6.45) is 2.47. The summed E-state index contributed by atoms with van der Waals surface area (Å²) in [6, 6.07) is -0.182. The van der Waals surface area contributed by atoms with Crippen molar-refractivity contribution in [3.63, 3.8) is 0 Å². The van der Waals surface area contributed by atoms with Crippen molar-refractivity contribution in [2.24, 2.45) is 11.8 Å². The predicted octanol–water partition coefficient (Wildman–Crippen LogP) is 2.31. The lowest BCUT2D eigenvalue weighted by Crippen LogP contribution is -2.50. The van der Waals surface area contributed by atoms with Gasteiger partial charge in [0, 0.05) is 36.6 Å². The topological polar surface area (TPSA) is 82.5 Å². The maximum absolute atomic E-state index is 12.3. The molecule has 0 saturated carbocycles. The van der Waals surface area contributed by atoms with Gasteiger partial charge in [0.15, 0.2) is 0 Å². The summed E-state index contributed by atoms with van der Waals surface area (Å²) in [5.41, 5.74) is 0. The molecule has 1 aliphatic rings. The summed E-state index contributed by atoms with van der Waals surface area (Å²) in [4.78, 5) is 30.5. The van der Waals surface area contributed by atoms with E-state index in [1.54, 1.807) is 16.2 Å². The van der Waals surface area contributed by atoms with E-state index in [-0.39, 0.29) is 24.4 Å². The van der Waals surface area contributed by atoms with Gasteiger partial charge in [-0.3, -0.25) is 4.79 Å². The van der Waals surface area contributed by atoms with E-state index in [2.05, 4.69) is 10.3 Å². The number of rotatable bonds is 4. The molecule has 0 aromatic carbocycles. The fraction of sp³-hybridized carbons (Fsp3) is 0.667. The molecule has 22 heavy (non-hydrogen) atoms. The number of carbonyl (C=O) groups is 2. The van der Waals surface area contributed by atoms with Crippen LogP contribution in [0.2, 0.25) is 0 Å². The number of likely N-dealkylation sites (tertiary alicyclic amines) is 1. The average Bonchev–Trinajstić information content (AvgIpc) is 2.90. The number of piperidine rings is 1. The van der Waals surface area contributed by atoms with Crippen molar-refractivity contribution < 1.29 is 14.7 Å². The molecule has 0 aliphatic carbocycles. The highest BCUT2D eigenvalue weighted by Crippen LogP contribution is 2.23. The molecule has 3 atom stereocenters. The summed E-state index contributed by atoms with van der Waals surface area (Å²) >= 11 is 1.63. The van der Waals surface area contributed by atoms with E-state index in [1.165, 1.54) is 0 Å². The van der Waals surface area contributed by atoms with Gasteiger partial charge in [0.2, 0.25) is 0 Å². The van der Waals surface area contributed by atoms with Crippen LogP contribution >= 0.6 is 11.3 Å². The number of urea groups is 1. The first kappa shape index (κ1) is 16.7. The first-order valence-electron chi connectivity index (χ1n) is 7.54. The molecule has 0 bridgehead atoms. The molecular formula is C15H23N3O3S. The fourth-order valence-corrected chi connectivity index (χ4v) is 3.56. The van der Waals surface area contributed by atoms with Gasteiger partial charge in [-0.2, -0.15) is 0 Å². The Balaban J connectivity index is 1.87. The Morgan fingerprint density at radius 1 is 1.55 bits per heavy atom. The molecule has 2 heterocycles. The van der Waals surface area contributed by atoms with E-state index in [0.717, 1.165) is 9.88 Å². The number of carboxylic acids is 1. The Morgan fingerprint density at radius 2 is 2.27 bits per heavy atom. The molecule has 6 nitrogen and oxygen atoms in total. The smallest absolute Gasteiger partial charge is 0.317 e. The molecule has 1 aliphatic heterocycles. The van der Waals surface area contributed by atoms with Gasteiger partial charge in [-0.25, -0.2) is 9.78 Å². The third-order valence-corrected chi connectivity index (χ3v) is 5.06. The Kier molecular flexibility index (Phi) is 5.39. The first-order valence-corrected chi connectivity index (χ1v) is 8.36. The van der Waals surface area contributed by atoms with Gasteiger partial charge < -0.3 is 15.3 Å². The zero-order chi connectivity index (χ0) is 16.3. The lowest BCUT2D eigenvalue weighted by atomic mass is 9.91. The van der Waals surface area contributed by atoms with Crippen molar-refractivity contribution in [2.75, 3.05) is 19.6 Å². The van der Waals surface area contributed by atoms with Crippen LogP contribution in [0, 0.1) is 18.8 Å². The van der Waals surface area contributed by atoms with Crippen molar-refractivity contribution in [3.05, 3.63) is 16.1 Å². The molecule has 2 rings (SSSR count). The van der Waals surface area contributed by atoms with E-state index >= 15 is 0 Å². The number of carbonyl (C=O) groups excluding carboxylic acids is 1. The summed E-state index contributed by atoms with van der Waals surface area (Å²) in [6.45, 7) is 7.42. The third-order valence-electron chi connectivity index (χ3n) is 3.92. The number of amides is 2. The SMILES string of the molecule is Cc1cnc(C(C)CNC(=O)N2CC(C)CC(C(=O)O)C2)s1. The average molecular weight is 325 g/mol. The minimum absolute atomic E-state index is 0.153. The van der Waals surface area contributed by atoms with Gasteiger partial charge in [0.05, 0.1) is 10.9 Å². The van der Waals surface area contributed by atoms with Gasteiger partial charge in [-0.1, -0.05) is 13.8 Å². The van der Waals surface area contributed by atoms with Crippen LogP contribution in [0.4, 0.5) is 4.79 Å². The second-order valence-electron chi connectivity index (χ2n) is 6.18. The number of thiazole rings is 1. The Labute approximate surface area is 134 Å². The highest BCUT2D eigenvalue weighted by Gasteiger charge is 2.31. The Hall–Kier alpha value is -1.63. The van der Waals surface area contributed by atoms with Gasteiger partial charge >= 0.3 is 12.0 Å². The van der Waals surface area contributed by atoms with Crippen molar-refractivity contribution in [1.29, 1.82) is 0 Å². The molecule has 1 saturated heterocycles. The van der Waals surface area contributed by atoms with Crippen LogP contribution < -0.4 is 5.32 Å².